The Balaban J connectivity index is 0.000000172. The van der Waals surface area contributed by atoms with Crippen LogP contribution in [-0.4, -0.2) is 119 Å². The van der Waals surface area contributed by atoms with Gasteiger partial charge in [0, 0.05) is 70.6 Å². The van der Waals surface area contributed by atoms with Crippen molar-refractivity contribution in [2.75, 3.05) is 82.6 Å². The maximum absolute atomic E-state index is 12.9. The smallest absolute Gasteiger partial charge is 0.264 e. The van der Waals surface area contributed by atoms with Gasteiger partial charge in [-0.25, -0.2) is 9.97 Å². The molecule has 13 rings (SSSR count). The van der Waals surface area contributed by atoms with Gasteiger partial charge in [-0.15, -0.1) is 22.7 Å². The molecule has 20 nitrogen and oxygen atoms in total. The van der Waals surface area contributed by atoms with Crippen LogP contribution in [0.4, 0.5) is 11.4 Å². The molecule has 4 amide bonds. The van der Waals surface area contributed by atoms with E-state index in [2.05, 4.69) is 45.6 Å². The molecule has 0 radical (unpaired) electrons. The number of para-hydroxylation sites is 2. The number of amides is 4. The number of benzene rings is 6. The largest absolute Gasteiger partial charge is 0.494 e. The van der Waals surface area contributed by atoms with Crippen molar-refractivity contribution in [1.29, 1.82) is 0 Å². The summed E-state index contributed by atoms with van der Waals surface area (Å²) < 4.78 is 54.9. The Morgan fingerprint density at radius 3 is 1.49 bits per heavy atom. The van der Waals surface area contributed by atoms with Crippen molar-refractivity contribution in [3.8, 4) is 55.6 Å². The van der Waals surface area contributed by atoms with Crippen LogP contribution < -0.4 is 45.5 Å². The Hall–Kier alpha value is -8.55. The fourth-order valence-corrected chi connectivity index (χ4v) is 12.4. The van der Waals surface area contributed by atoms with E-state index in [1.165, 1.54) is 100 Å². The molecule has 23 heteroatoms. The quantitative estimate of drug-likeness (QED) is 0.0373. The number of fused-ring (bicyclic) bond motifs is 4. The summed E-state index contributed by atoms with van der Waals surface area (Å²) in [6.07, 6.45) is 16.7. The molecule has 8 aromatic rings. The van der Waals surface area contributed by atoms with Crippen LogP contribution >= 0.6 is 22.7 Å². The van der Waals surface area contributed by atoms with Crippen LogP contribution in [0.25, 0.3) is 21.1 Å². The van der Waals surface area contributed by atoms with Gasteiger partial charge in [0.1, 0.15) is 33.0 Å². The van der Waals surface area contributed by atoms with Gasteiger partial charge in [0.15, 0.2) is 11.5 Å². The number of aromatic nitrogens is 2. The number of ether oxygens (including phenoxy) is 5. The van der Waals surface area contributed by atoms with Gasteiger partial charge in [-0.2, -0.15) is 8.42 Å². The number of anilines is 2. The van der Waals surface area contributed by atoms with Crippen molar-refractivity contribution in [2.45, 2.75) is 77.3 Å². The second kappa shape index (κ2) is 33.7. The molecule has 5 N–H and O–H groups in total. The van der Waals surface area contributed by atoms with Gasteiger partial charge in [-0.3, -0.25) is 23.4 Å². The summed E-state index contributed by atoms with van der Waals surface area (Å²) in [5.41, 5.74) is 4.46. The molecule has 0 aliphatic carbocycles. The summed E-state index contributed by atoms with van der Waals surface area (Å²) >= 11 is 2.99. The van der Waals surface area contributed by atoms with Crippen LogP contribution in [0.15, 0.2) is 146 Å². The second-order valence-electron chi connectivity index (χ2n) is 22.2. The highest BCUT2D eigenvalue weighted by Crippen LogP contribution is 2.38. The third-order valence-corrected chi connectivity index (χ3v) is 17.8. The molecule has 2 aromatic heterocycles. The molecular weight excluding hydrogens is 1230 g/mol. The van der Waals surface area contributed by atoms with Gasteiger partial charge in [0.2, 0.25) is 0 Å². The zero-order valence-corrected chi connectivity index (χ0v) is 53.8. The minimum Gasteiger partial charge on any atom is -0.494 e. The highest BCUT2D eigenvalue weighted by molar-refractivity contribution is 7.86. The summed E-state index contributed by atoms with van der Waals surface area (Å²) in [7, 11) is -3.44. The van der Waals surface area contributed by atoms with E-state index in [1.54, 1.807) is 91.3 Å². The zero-order valence-electron chi connectivity index (χ0n) is 51.4. The van der Waals surface area contributed by atoms with Gasteiger partial charge in [0.05, 0.1) is 61.7 Å². The monoisotopic (exact) mass is 1300 g/mol. The van der Waals surface area contributed by atoms with E-state index >= 15 is 0 Å². The number of likely N-dealkylation sites (tertiary alicyclic amines) is 1. The Kier molecular flexibility index (Phi) is 24.3. The van der Waals surface area contributed by atoms with E-state index in [1.807, 2.05) is 54.6 Å². The predicted molar refractivity (Wildman–Crippen MR) is 357 cm³/mol. The normalized spacial score (nSPS) is 14.8. The van der Waals surface area contributed by atoms with Gasteiger partial charge >= 0.3 is 0 Å². The topological polar surface area (TPSA) is 247 Å². The third kappa shape index (κ3) is 20.0. The minimum atomic E-state index is -3.44. The molecule has 482 valence electrons. The lowest BCUT2D eigenvalue weighted by Gasteiger charge is -2.26. The molecular formula is C69H76N8O12S3. The van der Waals surface area contributed by atoms with Crippen LogP contribution in [0.3, 0.4) is 0 Å². The van der Waals surface area contributed by atoms with Gasteiger partial charge in [-0.1, -0.05) is 37.1 Å². The molecule has 5 aliphatic rings. The van der Waals surface area contributed by atoms with Crippen LogP contribution in [0, 0.1) is 0 Å². The third-order valence-electron chi connectivity index (χ3n) is 15.1. The number of rotatable bonds is 19. The summed E-state index contributed by atoms with van der Waals surface area (Å²) in [5.74, 6) is 2.27. The van der Waals surface area contributed by atoms with E-state index in [0.717, 1.165) is 69.1 Å². The van der Waals surface area contributed by atoms with Crippen molar-refractivity contribution in [3.05, 3.63) is 178 Å². The molecule has 3 saturated heterocycles. The van der Waals surface area contributed by atoms with Crippen LogP contribution in [-0.2, 0) is 32.1 Å². The molecule has 5 aliphatic heterocycles. The molecule has 92 heavy (non-hydrogen) atoms. The molecule has 6 aromatic carbocycles. The van der Waals surface area contributed by atoms with Crippen LogP contribution in [0.1, 0.15) is 115 Å². The van der Waals surface area contributed by atoms with Crippen molar-refractivity contribution in [2.24, 2.45) is 0 Å². The number of thiazole rings is 2. The first-order valence-corrected chi connectivity index (χ1v) is 34.5. The Morgan fingerprint density at radius 1 is 0.565 bits per heavy atom. The Bertz CT molecular complexity index is 3850. The van der Waals surface area contributed by atoms with E-state index < -0.39 is 10.1 Å². The standard InChI is InChI=1S/C32H32N4O4S.C28H25N3O7S2.C5H11N.C4H8O/c37-30(23-11-14-29-27(19-23)35-31(38)26-7-2-3-8-28(26)40-29)33-20-25-21-34-32(41-25)22-9-12-24(13-10-22)39-18-6-17-36-15-4-1-5-16-36;1-40(34,35)37-14-4-13-36-20-10-7-18(8-11-20)28-30-17-21(39-28)16-29-26(32)19-9-12-25-23(15-19)31-27(33)22-5-2-3-6-24(22)38-25;1-2-4-6-5-3-1;1-2-4-5-3-1/h2-3,7-14,19,21H,1,4-6,15-18,20H2,(H,33,37)(H,35,38);2-3,5-12,15,17H,4,13-14,16H2,1H3,(H,29,32)(H,31,33);6H,1-5H2;1-4H2. The molecule has 7 heterocycles. The summed E-state index contributed by atoms with van der Waals surface area (Å²) in [5, 5.41) is 16.4. The highest BCUT2D eigenvalue weighted by atomic mass is 32.2. The number of piperidine rings is 2. The maximum atomic E-state index is 12.9. The number of nitrogens with one attached hydrogen (secondary N) is 5. The van der Waals surface area contributed by atoms with Crippen molar-refractivity contribution in [3.63, 3.8) is 0 Å². The maximum Gasteiger partial charge on any atom is 0.264 e. The van der Waals surface area contributed by atoms with Gasteiger partial charge < -0.3 is 55.2 Å². The van der Waals surface area contributed by atoms with Crippen LogP contribution in [0.2, 0.25) is 0 Å². The average molecular weight is 1310 g/mol. The molecule has 0 spiro atoms. The number of hydrogen-bond donors (Lipinski definition) is 5. The highest BCUT2D eigenvalue weighted by Gasteiger charge is 2.24. The fraction of sp³-hybridized carbons (Fsp3) is 0.333. The fourth-order valence-electron chi connectivity index (χ4n) is 10.2. The molecule has 0 unspecified atom stereocenters. The zero-order chi connectivity index (χ0) is 63.9. The average Bonchev–Trinajstić information content (AvgIpc) is 1.95. The molecule has 3 fully saturated rings. The van der Waals surface area contributed by atoms with E-state index in [9.17, 15) is 27.6 Å². The number of nitrogens with zero attached hydrogens (tertiary/aromatic N) is 3. The molecule has 0 bridgehead atoms. The van der Waals surface area contributed by atoms with Gasteiger partial charge in [0.25, 0.3) is 33.7 Å². The van der Waals surface area contributed by atoms with E-state index in [-0.39, 0.29) is 30.2 Å². The molecule has 0 atom stereocenters. The van der Waals surface area contributed by atoms with E-state index in [4.69, 9.17) is 23.7 Å². The SMILES string of the molecule is C1CCNCC1.C1CCOC1.CS(=O)(=O)OCCCOc1ccc(-c2ncc(CNC(=O)c3ccc4c(c3)NC(=O)c3ccccc3O4)s2)cc1.O=C(NCc1cnc(-c2ccc(OCCCN3CCCCC3)cc2)s1)c1ccc2c(c1)NC(=O)c1ccccc1O2. The number of carbonyl (C=O) groups excluding carboxylic acids is 4. The van der Waals surface area contributed by atoms with Crippen LogP contribution in [0.5, 0.6) is 34.5 Å². The number of carbonyl (C=O) groups is 4. The lowest BCUT2D eigenvalue weighted by Crippen LogP contribution is -2.31. The first kappa shape index (κ1) is 66.4. The number of hydrogen-bond acceptors (Lipinski definition) is 18. The van der Waals surface area contributed by atoms with Crippen molar-refractivity contribution in [1.82, 2.24) is 30.8 Å². The molecule has 0 saturated carbocycles. The minimum absolute atomic E-state index is 0.0710. The first-order valence-electron chi connectivity index (χ1n) is 31.1. The predicted octanol–water partition coefficient (Wildman–Crippen LogP) is 12.8. The summed E-state index contributed by atoms with van der Waals surface area (Å²) in [4.78, 5) is 64.3. The van der Waals surface area contributed by atoms with E-state index in [0.29, 0.717) is 95.1 Å². The second-order valence-corrected chi connectivity index (χ2v) is 26.0. The van der Waals surface area contributed by atoms with Crippen molar-refractivity contribution < 1.29 is 55.5 Å². The Labute approximate surface area is 544 Å². The van der Waals surface area contributed by atoms with Crippen molar-refractivity contribution >= 4 is 67.8 Å². The summed E-state index contributed by atoms with van der Waals surface area (Å²) in [6.45, 7) is 9.78. The first-order chi connectivity index (χ1) is 44.9. The Morgan fingerprint density at radius 2 is 1.04 bits per heavy atom. The summed E-state index contributed by atoms with van der Waals surface area (Å²) in [6, 6.07) is 39.3. The lowest BCUT2D eigenvalue weighted by molar-refractivity contribution is 0.0943. The lowest BCUT2D eigenvalue weighted by atomic mass is 10.1. The van der Waals surface area contributed by atoms with Gasteiger partial charge in [-0.05, 0) is 180 Å².